The largest absolute Gasteiger partial charge is 0.491 e. The Morgan fingerprint density at radius 1 is 1.19 bits per heavy atom. The summed E-state index contributed by atoms with van der Waals surface area (Å²) < 4.78 is 5.73. The number of hydrogen-bond donors (Lipinski definition) is 0. The molecule has 1 aromatic carbocycles. The predicted molar refractivity (Wildman–Crippen MR) is 117 cm³/mol. The van der Waals surface area contributed by atoms with Crippen LogP contribution >= 0.6 is 11.3 Å². The molecule has 3 heteroatoms. The number of rotatable bonds is 6. The molecule has 3 rings (SSSR count). The lowest BCUT2D eigenvalue weighted by atomic mass is 10.0. The normalized spacial score (nSPS) is 14.5. The predicted octanol–water partition coefficient (Wildman–Crippen LogP) is 6.88. The lowest BCUT2D eigenvalue weighted by molar-refractivity contribution is 0.242. The first-order valence-corrected chi connectivity index (χ1v) is 9.88. The molecule has 0 bridgehead atoms. The highest BCUT2D eigenvalue weighted by molar-refractivity contribution is 7.11. The summed E-state index contributed by atoms with van der Waals surface area (Å²) in [6, 6.07) is 12.4. The first-order chi connectivity index (χ1) is 12.9. The molecule has 0 saturated heterocycles. The maximum atomic E-state index is 5.73. The van der Waals surface area contributed by atoms with Crippen LogP contribution in [0.15, 0.2) is 90.6 Å². The minimum atomic E-state index is 0.175. The van der Waals surface area contributed by atoms with Crippen LogP contribution in [0.1, 0.15) is 31.2 Å². The molecule has 0 spiro atoms. The molecule has 0 atom stereocenters. The molecule has 2 nitrogen and oxygen atoms in total. The highest BCUT2D eigenvalue weighted by Gasteiger charge is 2.16. The van der Waals surface area contributed by atoms with E-state index in [0.717, 1.165) is 33.9 Å². The third-order valence-corrected chi connectivity index (χ3v) is 4.90. The van der Waals surface area contributed by atoms with E-state index in [4.69, 9.17) is 4.74 Å². The van der Waals surface area contributed by atoms with Crippen LogP contribution in [-0.4, -0.2) is 11.0 Å². The molecule has 0 fully saturated rings. The summed E-state index contributed by atoms with van der Waals surface area (Å²) in [6.07, 6.45) is 8.57. The van der Waals surface area contributed by atoms with E-state index in [1.54, 1.807) is 11.3 Å². The highest BCUT2D eigenvalue weighted by atomic mass is 32.1. The van der Waals surface area contributed by atoms with Crippen molar-refractivity contribution >= 4 is 22.6 Å². The molecule has 2 aromatic rings. The van der Waals surface area contributed by atoms with E-state index >= 15 is 0 Å². The first-order valence-electron chi connectivity index (χ1n) is 9.00. The molecule has 0 N–H and O–H groups in total. The Balaban J connectivity index is 1.84. The van der Waals surface area contributed by atoms with Crippen LogP contribution in [0.5, 0.6) is 5.75 Å². The molecular weight excluding hydrogens is 350 g/mol. The van der Waals surface area contributed by atoms with Crippen LogP contribution in [0.3, 0.4) is 0 Å². The average Bonchev–Trinajstić information content (AvgIpc) is 3.14. The van der Waals surface area contributed by atoms with Gasteiger partial charge in [0.2, 0.25) is 0 Å². The van der Waals surface area contributed by atoms with Crippen molar-refractivity contribution in [2.75, 3.05) is 0 Å². The van der Waals surface area contributed by atoms with Crippen molar-refractivity contribution in [2.24, 2.45) is 0 Å². The number of allylic oxidation sites excluding steroid dienone is 5. The van der Waals surface area contributed by atoms with Gasteiger partial charge in [-0.05, 0) is 73.7 Å². The minimum absolute atomic E-state index is 0.175. The number of benzene rings is 1. The quantitative estimate of drug-likeness (QED) is 0.510. The Morgan fingerprint density at radius 3 is 2.48 bits per heavy atom. The molecule has 1 aromatic heterocycles. The lowest BCUT2D eigenvalue weighted by Gasteiger charge is -2.27. The summed E-state index contributed by atoms with van der Waals surface area (Å²) >= 11 is 1.71. The van der Waals surface area contributed by atoms with Crippen molar-refractivity contribution in [3.8, 4) is 5.75 Å². The molecule has 1 aliphatic rings. The zero-order chi connectivity index (χ0) is 19.4. The molecular formula is C24H25NOS. The summed E-state index contributed by atoms with van der Waals surface area (Å²) in [6.45, 7) is 14.4. The van der Waals surface area contributed by atoms with E-state index < -0.39 is 0 Å². The third kappa shape index (κ3) is 4.69. The number of thiophene rings is 1. The standard InChI is InChI=1S/C24H25NOS/c1-17(2)15-23(24-7-6-14-27-24)25-13-12-21(16-19(25)5)20-8-10-22(11-9-20)26-18(3)4/h6-16,18H,1,5H2,2-4H3/b23-15-. The van der Waals surface area contributed by atoms with E-state index in [0.29, 0.717) is 0 Å². The summed E-state index contributed by atoms with van der Waals surface area (Å²) in [5.41, 5.74) is 5.30. The number of nitrogens with zero attached hydrogens (tertiary/aromatic N) is 1. The fraction of sp³-hybridized carbons (Fsp3) is 0.167. The maximum absolute atomic E-state index is 5.73. The van der Waals surface area contributed by atoms with Crippen LogP contribution in [0.2, 0.25) is 0 Å². The lowest BCUT2D eigenvalue weighted by Crippen LogP contribution is -2.15. The number of hydrogen-bond acceptors (Lipinski definition) is 3. The molecule has 0 radical (unpaired) electrons. The van der Waals surface area contributed by atoms with Crippen molar-refractivity contribution in [2.45, 2.75) is 26.9 Å². The molecule has 0 saturated carbocycles. The van der Waals surface area contributed by atoms with Gasteiger partial charge in [0.05, 0.1) is 16.7 Å². The Labute approximate surface area is 166 Å². The number of ether oxygens (including phenoxy) is 1. The van der Waals surface area contributed by atoms with Crippen molar-refractivity contribution in [3.05, 3.63) is 101 Å². The van der Waals surface area contributed by atoms with Crippen LogP contribution < -0.4 is 4.74 Å². The Hall–Kier alpha value is -2.78. The van der Waals surface area contributed by atoms with E-state index in [9.17, 15) is 0 Å². The maximum Gasteiger partial charge on any atom is 0.119 e. The van der Waals surface area contributed by atoms with E-state index in [2.05, 4.69) is 72.1 Å². The van der Waals surface area contributed by atoms with Gasteiger partial charge in [-0.25, -0.2) is 0 Å². The fourth-order valence-corrected chi connectivity index (χ4v) is 3.62. The Morgan fingerprint density at radius 2 is 1.93 bits per heavy atom. The van der Waals surface area contributed by atoms with Gasteiger partial charge < -0.3 is 9.64 Å². The molecule has 27 heavy (non-hydrogen) atoms. The second-order valence-electron chi connectivity index (χ2n) is 6.82. The van der Waals surface area contributed by atoms with Crippen molar-refractivity contribution in [1.82, 2.24) is 4.90 Å². The Bertz CT molecular complexity index is 912. The van der Waals surface area contributed by atoms with Gasteiger partial charge >= 0.3 is 0 Å². The average molecular weight is 376 g/mol. The van der Waals surface area contributed by atoms with E-state index in [1.807, 2.05) is 32.9 Å². The van der Waals surface area contributed by atoms with Gasteiger partial charge in [-0.2, -0.15) is 0 Å². The first kappa shape index (κ1) is 19.0. The summed E-state index contributed by atoms with van der Waals surface area (Å²) in [4.78, 5) is 3.30. The third-order valence-electron chi connectivity index (χ3n) is 4.01. The summed E-state index contributed by atoms with van der Waals surface area (Å²) in [5, 5.41) is 2.08. The van der Waals surface area contributed by atoms with Gasteiger partial charge in [-0.3, -0.25) is 0 Å². The molecule has 2 heterocycles. The molecule has 138 valence electrons. The van der Waals surface area contributed by atoms with Crippen molar-refractivity contribution in [3.63, 3.8) is 0 Å². The molecule has 1 aliphatic heterocycles. The van der Waals surface area contributed by atoms with Crippen LogP contribution in [-0.2, 0) is 0 Å². The highest BCUT2D eigenvalue weighted by Crippen LogP contribution is 2.33. The molecule has 0 aliphatic carbocycles. The van der Waals surface area contributed by atoms with Gasteiger partial charge in [-0.1, -0.05) is 36.9 Å². The minimum Gasteiger partial charge on any atom is -0.491 e. The topological polar surface area (TPSA) is 12.5 Å². The van der Waals surface area contributed by atoms with Crippen LogP contribution in [0, 0.1) is 0 Å². The monoisotopic (exact) mass is 375 g/mol. The van der Waals surface area contributed by atoms with Crippen molar-refractivity contribution < 1.29 is 4.74 Å². The molecule has 0 amide bonds. The fourth-order valence-electron chi connectivity index (χ4n) is 2.88. The zero-order valence-electron chi connectivity index (χ0n) is 16.1. The van der Waals surface area contributed by atoms with E-state index in [1.165, 1.54) is 4.88 Å². The second-order valence-corrected chi connectivity index (χ2v) is 7.77. The van der Waals surface area contributed by atoms with Gasteiger partial charge in [0.15, 0.2) is 0 Å². The van der Waals surface area contributed by atoms with Gasteiger partial charge in [0.25, 0.3) is 0 Å². The van der Waals surface area contributed by atoms with E-state index in [-0.39, 0.29) is 6.10 Å². The van der Waals surface area contributed by atoms with Crippen LogP contribution in [0.25, 0.3) is 11.3 Å². The Kier molecular flexibility index (Phi) is 5.82. The van der Waals surface area contributed by atoms with Gasteiger partial charge in [0, 0.05) is 11.9 Å². The SMILES string of the molecule is C=C(C)/C=C(/c1cccs1)N1C=CC(c2ccc(OC(C)C)cc2)=CC1=C. The molecule has 0 unspecified atom stereocenters. The zero-order valence-corrected chi connectivity index (χ0v) is 16.9. The van der Waals surface area contributed by atoms with Crippen LogP contribution in [0.4, 0.5) is 0 Å². The van der Waals surface area contributed by atoms with Gasteiger partial charge in [0.1, 0.15) is 5.75 Å². The summed E-state index contributed by atoms with van der Waals surface area (Å²) in [7, 11) is 0. The summed E-state index contributed by atoms with van der Waals surface area (Å²) in [5.74, 6) is 0.888. The van der Waals surface area contributed by atoms with Gasteiger partial charge in [-0.15, -0.1) is 11.3 Å². The smallest absolute Gasteiger partial charge is 0.119 e. The van der Waals surface area contributed by atoms with Crippen molar-refractivity contribution in [1.29, 1.82) is 0 Å². The second kappa shape index (κ2) is 8.28.